The molecule has 0 bridgehead atoms. The van der Waals surface area contributed by atoms with Crippen LogP contribution in [-0.2, 0) is 0 Å². The van der Waals surface area contributed by atoms with Gasteiger partial charge in [-0.3, -0.25) is 0 Å². The lowest BCUT2D eigenvalue weighted by Crippen LogP contribution is -2.01. The average molecular weight is 170 g/mol. The molecule has 0 amide bonds. The highest BCUT2D eigenvalue weighted by Gasteiger charge is 1.97. The molecule has 3 radical (unpaired) electrons. The van der Waals surface area contributed by atoms with Crippen molar-refractivity contribution in [2.75, 3.05) is 7.11 Å². The summed E-state index contributed by atoms with van der Waals surface area (Å²) < 4.78 is 4.96. The fourth-order valence-electron chi connectivity index (χ4n) is 0.660. The molecule has 51 valence electrons. The fraction of sp³-hybridized carbons (Fsp3) is 0.143. The molecule has 1 nitrogen and oxygen atoms in total. The third-order valence-electron chi connectivity index (χ3n) is 1.15. The van der Waals surface area contributed by atoms with Crippen molar-refractivity contribution in [1.29, 1.82) is 0 Å². The zero-order valence-corrected chi connectivity index (χ0v) is 7.27. The van der Waals surface area contributed by atoms with Gasteiger partial charge >= 0.3 is 0 Å². The lowest BCUT2D eigenvalue weighted by Gasteiger charge is -2.01. The van der Waals surface area contributed by atoms with E-state index in [4.69, 9.17) is 16.3 Å². The topological polar surface area (TPSA) is 9.23 Å². The summed E-state index contributed by atoms with van der Waals surface area (Å²) in [7, 11) is 4.94. The average Bonchev–Trinajstić information content (AvgIpc) is 1.94. The first-order valence-corrected chi connectivity index (χ1v) is 3.67. The van der Waals surface area contributed by atoms with Crippen LogP contribution in [-0.4, -0.2) is 17.4 Å². The standard InChI is InChI=1S/C7H6ClOSi/c1-9-7-4-5(10)2-3-6(7)8/h2-4H,1H3. The Morgan fingerprint density at radius 2 is 2.20 bits per heavy atom. The minimum absolute atomic E-state index is 0.629. The van der Waals surface area contributed by atoms with Crippen molar-refractivity contribution in [3.8, 4) is 5.75 Å². The summed E-state index contributed by atoms with van der Waals surface area (Å²) >= 11 is 5.75. The maximum Gasteiger partial charge on any atom is 0.137 e. The van der Waals surface area contributed by atoms with Crippen LogP contribution in [0, 0.1) is 0 Å². The Bertz CT molecular complexity index is 237. The van der Waals surface area contributed by atoms with E-state index in [9.17, 15) is 0 Å². The van der Waals surface area contributed by atoms with Crippen LogP contribution in [0.4, 0.5) is 0 Å². The second kappa shape index (κ2) is 3.08. The Kier molecular flexibility index (Phi) is 2.35. The van der Waals surface area contributed by atoms with Gasteiger partial charge in [-0.2, -0.15) is 0 Å². The predicted octanol–water partition coefficient (Wildman–Crippen LogP) is 1.14. The van der Waals surface area contributed by atoms with Crippen LogP contribution in [0.2, 0.25) is 5.02 Å². The SMILES string of the molecule is COc1cc([Si])ccc1Cl. The van der Waals surface area contributed by atoms with Gasteiger partial charge in [0.25, 0.3) is 0 Å². The summed E-state index contributed by atoms with van der Waals surface area (Å²) in [4.78, 5) is 0. The monoisotopic (exact) mass is 169 g/mol. The van der Waals surface area contributed by atoms with Gasteiger partial charge in [-0.05, 0) is 12.1 Å². The molecule has 10 heavy (non-hydrogen) atoms. The van der Waals surface area contributed by atoms with E-state index in [0.717, 1.165) is 5.19 Å². The molecule has 0 aliphatic heterocycles. The zero-order valence-electron chi connectivity index (χ0n) is 5.52. The molecule has 0 aliphatic rings. The highest BCUT2D eigenvalue weighted by Crippen LogP contribution is 2.20. The molecule has 0 saturated carbocycles. The number of rotatable bonds is 1. The van der Waals surface area contributed by atoms with Crippen molar-refractivity contribution in [2.24, 2.45) is 0 Å². The smallest absolute Gasteiger partial charge is 0.137 e. The molecular formula is C7H6ClOSi. The van der Waals surface area contributed by atoms with Crippen molar-refractivity contribution in [1.82, 2.24) is 0 Å². The van der Waals surface area contributed by atoms with E-state index in [2.05, 4.69) is 10.2 Å². The van der Waals surface area contributed by atoms with E-state index < -0.39 is 0 Å². The van der Waals surface area contributed by atoms with Gasteiger partial charge in [-0.1, -0.05) is 22.9 Å². The highest BCUT2D eigenvalue weighted by molar-refractivity contribution is 6.35. The number of ether oxygens (including phenoxy) is 1. The lowest BCUT2D eigenvalue weighted by molar-refractivity contribution is 0.415. The summed E-state index contributed by atoms with van der Waals surface area (Å²) in [5.74, 6) is 0.689. The second-order valence-electron chi connectivity index (χ2n) is 1.85. The van der Waals surface area contributed by atoms with Crippen molar-refractivity contribution in [3.05, 3.63) is 23.2 Å². The van der Waals surface area contributed by atoms with Crippen molar-refractivity contribution in [2.45, 2.75) is 0 Å². The first kappa shape index (κ1) is 7.63. The van der Waals surface area contributed by atoms with E-state index in [1.165, 1.54) is 0 Å². The molecule has 3 heteroatoms. The molecule has 0 heterocycles. The normalized spacial score (nSPS) is 9.50. The van der Waals surface area contributed by atoms with Gasteiger partial charge in [0.15, 0.2) is 0 Å². The Balaban J connectivity index is 3.09. The molecule has 1 rings (SSSR count). The fourth-order valence-corrected chi connectivity index (χ4v) is 1.07. The molecule has 0 aliphatic carbocycles. The maximum atomic E-state index is 5.75. The number of benzene rings is 1. The van der Waals surface area contributed by atoms with Crippen molar-refractivity contribution in [3.63, 3.8) is 0 Å². The first-order valence-electron chi connectivity index (χ1n) is 2.79. The molecule has 0 saturated heterocycles. The molecule has 0 unspecified atom stereocenters. The summed E-state index contributed by atoms with van der Waals surface area (Å²) in [5, 5.41) is 1.59. The van der Waals surface area contributed by atoms with Crippen LogP contribution >= 0.6 is 11.6 Å². The van der Waals surface area contributed by atoms with Crippen LogP contribution in [0.3, 0.4) is 0 Å². The van der Waals surface area contributed by atoms with Crippen LogP contribution in [0.1, 0.15) is 0 Å². The van der Waals surface area contributed by atoms with Gasteiger partial charge in [0, 0.05) is 0 Å². The van der Waals surface area contributed by atoms with E-state index in [-0.39, 0.29) is 0 Å². The Labute approximate surface area is 68.4 Å². The summed E-state index contributed by atoms with van der Waals surface area (Å²) in [6.07, 6.45) is 0. The number of hydrogen-bond acceptors (Lipinski definition) is 1. The zero-order chi connectivity index (χ0) is 7.56. The maximum absolute atomic E-state index is 5.75. The Morgan fingerprint density at radius 1 is 1.50 bits per heavy atom. The third kappa shape index (κ3) is 1.52. The molecule has 0 spiro atoms. The van der Waals surface area contributed by atoms with Gasteiger partial charge in [-0.15, -0.1) is 0 Å². The van der Waals surface area contributed by atoms with Crippen molar-refractivity contribution >= 4 is 27.0 Å². The van der Waals surface area contributed by atoms with Crippen molar-refractivity contribution < 1.29 is 4.74 Å². The van der Waals surface area contributed by atoms with Crippen LogP contribution in [0.15, 0.2) is 18.2 Å². The largest absolute Gasteiger partial charge is 0.495 e. The summed E-state index contributed by atoms with van der Waals surface area (Å²) in [5.41, 5.74) is 0. The Morgan fingerprint density at radius 3 is 2.70 bits per heavy atom. The van der Waals surface area contributed by atoms with Gasteiger partial charge < -0.3 is 4.74 Å². The molecule has 0 aromatic heterocycles. The van der Waals surface area contributed by atoms with E-state index in [1.54, 1.807) is 13.2 Å². The molecule has 0 N–H and O–H groups in total. The number of halogens is 1. The van der Waals surface area contributed by atoms with Gasteiger partial charge in [0.05, 0.1) is 22.4 Å². The molecule has 0 atom stereocenters. The minimum atomic E-state index is 0.629. The van der Waals surface area contributed by atoms with E-state index >= 15 is 0 Å². The quantitative estimate of drug-likeness (QED) is 0.573. The van der Waals surface area contributed by atoms with Crippen LogP contribution < -0.4 is 9.92 Å². The highest BCUT2D eigenvalue weighted by atomic mass is 35.5. The molecule has 1 aromatic carbocycles. The minimum Gasteiger partial charge on any atom is -0.495 e. The van der Waals surface area contributed by atoms with Gasteiger partial charge in [-0.25, -0.2) is 0 Å². The van der Waals surface area contributed by atoms with Gasteiger partial charge in [0.2, 0.25) is 0 Å². The van der Waals surface area contributed by atoms with E-state index in [1.807, 2.05) is 12.1 Å². The second-order valence-corrected chi connectivity index (χ2v) is 2.83. The predicted molar refractivity (Wildman–Crippen MR) is 43.4 cm³/mol. The summed E-state index contributed by atoms with van der Waals surface area (Å²) in [6, 6.07) is 5.46. The number of methoxy groups -OCH3 is 1. The summed E-state index contributed by atoms with van der Waals surface area (Å²) in [6.45, 7) is 0. The number of hydrogen-bond donors (Lipinski definition) is 0. The van der Waals surface area contributed by atoms with E-state index in [0.29, 0.717) is 10.8 Å². The lowest BCUT2D eigenvalue weighted by atomic mass is 10.3. The first-order chi connectivity index (χ1) is 4.74. The third-order valence-corrected chi connectivity index (χ3v) is 1.77. The molecule has 0 fully saturated rings. The Hall–Kier alpha value is -0.473. The van der Waals surface area contributed by atoms with Crippen LogP contribution in [0.5, 0.6) is 5.75 Å². The molecular weight excluding hydrogens is 164 g/mol. The van der Waals surface area contributed by atoms with Gasteiger partial charge in [0.1, 0.15) is 5.75 Å². The van der Waals surface area contributed by atoms with Crippen LogP contribution in [0.25, 0.3) is 0 Å². The molecule has 1 aromatic rings.